The molecule has 1 unspecified atom stereocenters. The molecule has 1 saturated heterocycles. The van der Waals surface area contributed by atoms with Crippen molar-refractivity contribution in [3.05, 3.63) is 0 Å². The molecule has 4 heteroatoms. The van der Waals surface area contributed by atoms with Crippen LogP contribution in [0, 0.1) is 5.92 Å². The molecule has 1 saturated carbocycles. The minimum atomic E-state index is 0.0409. The Balaban J connectivity index is 1.89. The van der Waals surface area contributed by atoms with Gasteiger partial charge in [0.05, 0.1) is 0 Å². The largest absolute Gasteiger partial charge is 0.396 e. The molecule has 0 aromatic carbocycles. The summed E-state index contributed by atoms with van der Waals surface area (Å²) in [6.45, 7) is 1.99. The van der Waals surface area contributed by atoms with Crippen molar-refractivity contribution in [2.45, 2.75) is 63.3 Å². The number of nitrogens with zero attached hydrogens (tertiary/aromatic N) is 1. The molecule has 0 aromatic heterocycles. The molecule has 1 amide bonds. The molecule has 2 N–H and O–H groups in total. The van der Waals surface area contributed by atoms with E-state index in [1.165, 1.54) is 19.3 Å². The Bertz CT molecular complexity index is 312. The minimum absolute atomic E-state index is 0.0409. The molecule has 2 fully saturated rings. The Morgan fingerprint density at radius 3 is 2.70 bits per heavy atom. The second-order valence-electron chi connectivity index (χ2n) is 6.63. The van der Waals surface area contributed by atoms with E-state index in [0.29, 0.717) is 18.2 Å². The van der Waals surface area contributed by atoms with E-state index >= 15 is 0 Å². The Morgan fingerprint density at radius 2 is 2.05 bits per heavy atom. The number of carbonyl (C=O) groups excluding carboxylic acids is 1. The van der Waals surface area contributed by atoms with E-state index in [0.717, 1.165) is 45.2 Å². The lowest BCUT2D eigenvalue weighted by Crippen LogP contribution is -2.50. The van der Waals surface area contributed by atoms with Crippen molar-refractivity contribution in [2.75, 3.05) is 26.7 Å². The number of piperidine rings is 1. The van der Waals surface area contributed by atoms with Gasteiger partial charge in [0.15, 0.2) is 0 Å². The quantitative estimate of drug-likeness (QED) is 0.810. The predicted octanol–water partition coefficient (Wildman–Crippen LogP) is 1.92. The first-order chi connectivity index (χ1) is 9.69. The van der Waals surface area contributed by atoms with Crippen molar-refractivity contribution >= 4 is 5.91 Å². The Hall–Kier alpha value is -0.610. The molecular weight excluding hydrogens is 252 g/mol. The number of carbonyl (C=O) groups is 1. The van der Waals surface area contributed by atoms with Crippen molar-refractivity contribution in [1.29, 1.82) is 0 Å². The average molecular weight is 282 g/mol. The fourth-order valence-corrected chi connectivity index (χ4v) is 3.85. The van der Waals surface area contributed by atoms with E-state index in [-0.39, 0.29) is 12.1 Å². The van der Waals surface area contributed by atoms with Gasteiger partial charge in [-0.05, 0) is 45.1 Å². The van der Waals surface area contributed by atoms with Crippen LogP contribution in [0.5, 0.6) is 0 Å². The fraction of sp³-hybridized carbons (Fsp3) is 0.938. The van der Waals surface area contributed by atoms with E-state index in [4.69, 9.17) is 5.11 Å². The number of hydrogen-bond acceptors (Lipinski definition) is 3. The van der Waals surface area contributed by atoms with Crippen molar-refractivity contribution in [3.8, 4) is 0 Å². The van der Waals surface area contributed by atoms with E-state index in [1.54, 1.807) is 0 Å². The average Bonchev–Trinajstić information content (AvgIpc) is 2.49. The van der Waals surface area contributed by atoms with Crippen LogP contribution >= 0.6 is 0 Å². The number of likely N-dealkylation sites (tertiary alicyclic amines) is 1. The monoisotopic (exact) mass is 282 g/mol. The van der Waals surface area contributed by atoms with Crippen LogP contribution in [-0.4, -0.2) is 48.2 Å². The molecule has 20 heavy (non-hydrogen) atoms. The number of aliphatic hydroxyl groups is 1. The van der Waals surface area contributed by atoms with Crippen LogP contribution in [-0.2, 0) is 4.79 Å². The van der Waals surface area contributed by atoms with Crippen LogP contribution < -0.4 is 5.32 Å². The molecule has 0 radical (unpaired) electrons. The number of amides is 1. The van der Waals surface area contributed by atoms with Crippen molar-refractivity contribution in [1.82, 2.24) is 10.2 Å². The van der Waals surface area contributed by atoms with Crippen molar-refractivity contribution < 1.29 is 9.90 Å². The minimum Gasteiger partial charge on any atom is -0.396 e. The van der Waals surface area contributed by atoms with Crippen molar-refractivity contribution in [3.63, 3.8) is 0 Å². The number of rotatable bonds is 5. The summed E-state index contributed by atoms with van der Waals surface area (Å²) in [5.74, 6) is 0.804. The summed E-state index contributed by atoms with van der Waals surface area (Å²) in [6.07, 6.45) is 9.76. The molecule has 0 bridgehead atoms. The molecule has 116 valence electrons. The Labute approximate surface area is 122 Å². The molecule has 2 rings (SSSR count). The number of hydrogen-bond donors (Lipinski definition) is 2. The third kappa shape index (κ3) is 3.95. The van der Waals surface area contributed by atoms with E-state index in [9.17, 15) is 4.79 Å². The zero-order chi connectivity index (χ0) is 14.4. The van der Waals surface area contributed by atoms with Gasteiger partial charge < -0.3 is 15.3 Å². The van der Waals surface area contributed by atoms with Crippen LogP contribution in [0.15, 0.2) is 0 Å². The SMILES string of the molecule is CNC1(CC(=O)N2CCCC(CCO)C2)CCCCC1. The third-order valence-electron chi connectivity index (χ3n) is 5.24. The molecule has 0 aromatic rings. The molecule has 1 atom stereocenters. The van der Waals surface area contributed by atoms with Gasteiger partial charge in [0.1, 0.15) is 0 Å². The second kappa shape index (κ2) is 7.41. The van der Waals surface area contributed by atoms with Crippen LogP contribution in [0.4, 0.5) is 0 Å². The first-order valence-corrected chi connectivity index (χ1v) is 8.27. The first-order valence-electron chi connectivity index (χ1n) is 8.27. The van der Waals surface area contributed by atoms with Gasteiger partial charge in [0.25, 0.3) is 0 Å². The summed E-state index contributed by atoms with van der Waals surface area (Å²) in [5.41, 5.74) is 0.0409. The fourth-order valence-electron chi connectivity index (χ4n) is 3.85. The molecule has 4 nitrogen and oxygen atoms in total. The van der Waals surface area contributed by atoms with Gasteiger partial charge in [0.2, 0.25) is 5.91 Å². The summed E-state index contributed by atoms with van der Waals surface area (Å²) in [4.78, 5) is 14.6. The van der Waals surface area contributed by atoms with Gasteiger partial charge >= 0.3 is 0 Å². The van der Waals surface area contributed by atoms with Gasteiger partial charge in [-0.25, -0.2) is 0 Å². The van der Waals surface area contributed by atoms with Crippen molar-refractivity contribution in [2.24, 2.45) is 5.92 Å². The molecular formula is C16H30N2O2. The lowest BCUT2D eigenvalue weighted by Gasteiger charge is -2.40. The maximum Gasteiger partial charge on any atom is 0.224 e. The standard InChI is InChI=1S/C16H30N2O2/c1-17-16(8-3-2-4-9-16)12-15(20)18-10-5-6-14(13-18)7-11-19/h14,17,19H,2-13H2,1H3. The topological polar surface area (TPSA) is 52.6 Å². The maximum absolute atomic E-state index is 12.6. The van der Waals surface area contributed by atoms with E-state index in [1.807, 2.05) is 11.9 Å². The van der Waals surface area contributed by atoms with E-state index < -0.39 is 0 Å². The maximum atomic E-state index is 12.6. The number of nitrogens with one attached hydrogen (secondary N) is 1. The zero-order valence-electron chi connectivity index (χ0n) is 12.9. The molecule has 1 heterocycles. The normalized spacial score (nSPS) is 26.5. The highest BCUT2D eigenvalue weighted by Crippen LogP contribution is 2.32. The summed E-state index contributed by atoms with van der Waals surface area (Å²) >= 11 is 0. The van der Waals surface area contributed by atoms with Gasteiger partial charge in [-0.15, -0.1) is 0 Å². The van der Waals surface area contributed by atoms with Crippen LogP contribution in [0.25, 0.3) is 0 Å². The lowest BCUT2D eigenvalue weighted by molar-refractivity contribution is -0.135. The Kier molecular flexibility index (Phi) is 5.85. The summed E-state index contributed by atoms with van der Waals surface area (Å²) in [5, 5.41) is 12.5. The third-order valence-corrected chi connectivity index (χ3v) is 5.24. The highest BCUT2D eigenvalue weighted by Gasteiger charge is 2.35. The second-order valence-corrected chi connectivity index (χ2v) is 6.63. The lowest BCUT2D eigenvalue weighted by atomic mass is 9.79. The van der Waals surface area contributed by atoms with E-state index in [2.05, 4.69) is 5.32 Å². The van der Waals surface area contributed by atoms with Gasteiger partial charge in [-0.3, -0.25) is 4.79 Å². The van der Waals surface area contributed by atoms with Gasteiger partial charge in [-0.2, -0.15) is 0 Å². The van der Waals surface area contributed by atoms with Gasteiger partial charge in [0, 0.05) is 31.7 Å². The zero-order valence-corrected chi connectivity index (χ0v) is 12.9. The first kappa shape index (κ1) is 15.8. The number of aliphatic hydroxyl groups excluding tert-OH is 1. The molecule has 0 spiro atoms. The molecule has 1 aliphatic heterocycles. The highest BCUT2D eigenvalue weighted by molar-refractivity contribution is 5.77. The smallest absolute Gasteiger partial charge is 0.224 e. The molecule has 1 aliphatic carbocycles. The van der Waals surface area contributed by atoms with Crippen LogP contribution in [0.1, 0.15) is 57.8 Å². The highest BCUT2D eigenvalue weighted by atomic mass is 16.3. The van der Waals surface area contributed by atoms with Crippen LogP contribution in [0.2, 0.25) is 0 Å². The summed E-state index contributed by atoms with van der Waals surface area (Å²) in [6, 6.07) is 0. The summed E-state index contributed by atoms with van der Waals surface area (Å²) < 4.78 is 0. The molecule has 2 aliphatic rings. The Morgan fingerprint density at radius 1 is 1.30 bits per heavy atom. The van der Waals surface area contributed by atoms with Crippen LogP contribution in [0.3, 0.4) is 0 Å². The van der Waals surface area contributed by atoms with Gasteiger partial charge in [-0.1, -0.05) is 19.3 Å². The predicted molar refractivity (Wildman–Crippen MR) is 80.5 cm³/mol. The summed E-state index contributed by atoms with van der Waals surface area (Å²) in [7, 11) is 2.00.